The Bertz CT molecular complexity index is 540. The number of aromatic nitrogens is 1. The van der Waals surface area contributed by atoms with Crippen molar-refractivity contribution in [2.45, 2.75) is 5.33 Å². The van der Waals surface area contributed by atoms with Gasteiger partial charge >= 0.3 is 5.97 Å². The van der Waals surface area contributed by atoms with Gasteiger partial charge in [0.1, 0.15) is 0 Å². The molecule has 16 heavy (non-hydrogen) atoms. The van der Waals surface area contributed by atoms with E-state index in [1.54, 1.807) is 0 Å². The summed E-state index contributed by atoms with van der Waals surface area (Å²) in [5.74, 6) is -0.354. The van der Waals surface area contributed by atoms with Gasteiger partial charge < -0.3 is 4.74 Å². The molecule has 0 unspecified atom stereocenters. The van der Waals surface area contributed by atoms with Gasteiger partial charge in [-0.05, 0) is 12.1 Å². The van der Waals surface area contributed by atoms with Gasteiger partial charge in [-0.15, -0.1) is 0 Å². The van der Waals surface area contributed by atoms with Crippen LogP contribution in [0.5, 0.6) is 0 Å². The molecule has 82 valence electrons. The maximum atomic E-state index is 11.6. The van der Waals surface area contributed by atoms with Gasteiger partial charge in [0.25, 0.3) is 0 Å². The summed E-state index contributed by atoms with van der Waals surface area (Å²) in [5.41, 5.74) is 2.09. The van der Waals surface area contributed by atoms with Crippen LogP contribution < -0.4 is 0 Å². The number of esters is 1. The normalized spacial score (nSPS) is 10.4. The summed E-state index contributed by atoms with van der Waals surface area (Å²) in [5, 5.41) is 1.47. The van der Waals surface area contributed by atoms with Crippen LogP contribution in [0.4, 0.5) is 0 Å². The average Bonchev–Trinajstić information content (AvgIpc) is 2.36. The minimum Gasteiger partial charge on any atom is -0.465 e. The summed E-state index contributed by atoms with van der Waals surface area (Å²) in [6, 6.07) is 9.49. The monoisotopic (exact) mass is 279 g/mol. The molecule has 1 aromatic heterocycles. The van der Waals surface area contributed by atoms with E-state index in [1.807, 2.05) is 30.3 Å². The van der Waals surface area contributed by atoms with Crippen LogP contribution in [0.15, 0.2) is 30.3 Å². The first-order valence-corrected chi connectivity index (χ1v) is 5.91. The molecule has 0 aliphatic heterocycles. The molecule has 0 fully saturated rings. The largest absolute Gasteiger partial charge is 0.465 e. The smallest absolute Gasteiger partial charge is 0.339 e. The third-order valence-electron chi connectivity index (χ3n) is 2.33. The highest BCUT2D eigenvalue weighted by molar-refractivity contribution is 9.08. The van der Waals surface area contributed by atoms with Crippen LogP contribution in [0, 0.1) is 0 Å². The minimum absolute atomic E-state index is 0.354. The molecule has 1 heterocycles. The number of carbonyl (C=O) groups excluding carboxylic acids is 1. The number of halogens is 1. The molecule has 0 atom stereocenters. The number of ether oxygens (including phenoxy) is 1. The van der Waals surface area contributed by atoms with Crippen molar-refractivity contribution in [2.24, 2.45) is 0 Å². The SMILES string of the molecule is COC(=O)c1cc2ccccc2nc1CBr. The third-order valence-corrected chi connectivity index (χ3v) is 2.87. The number of fused-ring (bicyclic) bond motifs is 1. The Morgan fingerprint density at radius 2 is 2.19 bits per heavy atom. The van der Waals surface area contributed by atoms with E-state index in [0.717, 1.165) is 10.9 Å². The zero-order chi connectivity index (χ0) is 11.5. The molecule has 4 heteroatoms. The van der Waals surface area contributed by atoms with E-state index in [1.165, 1.54) is 7.11 Å². The van der Waals surface area contributed by atoms with Gasteiger partial charge in [-0.2, -0.15) is 0 Å². The fourth-order valence-electron chi connectivity index (χ4n) is 1.54. The average molecular weight is 280 g/mol. The van der Waals surface area contributed by atoms with Gasteiger partial charge in [0, 0.05) is 10.7 Å². The Morgan fingerprint density at radius 3 is 2.88 bits per heavy atom. The van der Waals surface area contributed by atoms with Gasteiger partial charge in [-0.25, -0.2) is 4.79 Å². The lowest BCUT2D eigenvalue weighted by Gasteiger charge is -2.06. The second-order valence-corrected chi connectivity index (χ2v) is 3.86. The highest BCUT2D eigenvalue weighted by Crippen LogP contribution is 2.19. The van der Waals surface area contributed by atoms with Gasteiger partial charge in [-0.3, -0.25) is 4.98 Å². The zero-order valence-electron chi connectivity index (χ0n) is 8.74. The van der Waals surface area contributed by atoms with E-state index >= 15 is 0 Å². The van der Waals surface area contributed by atoms with E-state index in [9.17, 15) is 4.79 Å². The van der Waals surface area contributed by atoms with Crippen molar-refractivity contribution < 1.29 is 9.53 Å². The molecule has 0 aliphatic carbocycles. The molecule has 0 amide bonds. The Kier molecular flexibility index (Phi) is 3.19. The van der Waals surface area contributed by atoms with Crippen molar-refractivity contribution in [1.29, 1.82) is 0 Å². The maximum absolute atomic E-state index is 11.6. The summed E-state index contributed by atoms with van der Waals surface area (Å²) in [6.07, 6.45) is 0. The van der Waals surface area contributed by atoms with Crippen LogP contribution in [-0.4, -0.2) is 18.1 Å². The molecule has 0 aliphatic rings. The second-order valence-electron chi connectivity index (χ2n) is 3.30. The number of methoxy groups -OCH3 is 1. The molecule has 0 spiro atoms. The molecule has 0 saturated carbocycles. The highest BCUT2D eigenvalue weighted by atomic mass is 79.9. The number of alkyl halides is 1. The molecule has 0 radical (unpaired) electrons. The first kappa shape index (κ1) is 11.1. The van der Waals surface area contributed by atoms with Crippen molar-refractivity contribution in [3.05, 3.63) is 41.6 Å². The topological polar surface area (TPSA) is 39.2 Å². The fourth-order valence-corrected chi connectivity index (χ4v) is 1.97. The van der Waals surface area contributed by atoms with E-state index in [2.05, 4.69) is 20.9 Å². The maximum Gasteiger partial charge on any atom is 0.339 e. The van der Waals surface area contributed by atoms with Crippen molar-refractivity contribution in [3.8, 4) is 0 Å². The van der Waals surface area contributed by atoms with Crippen molar-refractivity contribution >= 4 is 32.8 Å². The summed E-state index contributed by atoms with van der Waals surface area (Å²) >= 11 is 3.32. The number of hydrogen-bond donors (Lipinski definition) is 0. The van der Waals surface area contributed by atoms with Crippen LogP contribution in [0.2, 0.25) is 0 Å². The zero-order valence-corrected chi connectivity index (χ0v) is 10.3. The van der Waals surface area contributed by atoms with E-state index in [0.29, 0.717) is 16.6 Å². The Balaban J connectivity index is 2.67. The van der Waals surface area contributed by atoms with Crippen LogP contribution in [0.1, 0.15) is 16.1 Å². The minimum atomic E-state index is -0.354. The summed E-state index contributed by atoms with van der Waals surface area (Å²) < 4.78 is 4.73. The van der Waals surface area contributed by atoms with E-state index < -0.39 is 0 Å². The lowest BCUT2D eigenvalue weighted by molar-refractivity contribution is 0.0599. The Morgan fingerprint density at radius 1 is 1.44 bits per heavy atom. The highest BCUT2D eigenvalue weighted by Gasteiger charge is 2.13. The lowest BCUT2D eigenvalue weighted by atomic mass is 10.1. The predicted molar refractivity (Wildman–Crippen MR) is 65.7 cm³/mol. The number of carbonyl (C=O) groups is 1. The van der Waals surface area contributed by atoms with Crippen LogP contribution in [0.3, 0.4) is 0 Å². The Labute approximate surface area is 102 Å². The second kappa shape index (κ2) is 4.61. The predicted octanol–water partition coefficient (Wildman–Crippen LogP) is 2.92. The van der Waals surface area contributed by atoms with Gasteiger partial charge in [0.05, 0.1) is 23.9 Å². The van der Waals surface area contributed by atoms with Gasteiger partial charge in [0.15, 0.2) is 0 Å². The molecule has 2 aromatic rings. The molecule has 2 rings (SSSR count). The molecule has 3 nitrogen and oxygen atoms in total. The number of pyridine rings is 1. The lowest BCUT2D eigenvalue weighted by Crippen LogP contribution is -2.06. The van der Waals surface area contributed by atoms with Crippen LogP contribution in [-0.2, 0) is 10.1 Å². The fraction of sp³-hybridized carbons (Fsp3) is 0.167. The van der Waals surface area contributed by atoms with Crippen LogP contribution >= 0.6 is 15.9 Å². The number of rotatable bonds is 2. The number of para-hydroxylation sites is 1. The van der Waals surface area contributed by atoms with Crippen molar-refractivity contribution in [3.63, 3.8) is 0 Å². The van der Waals surface area contributed by atoms with E-state index in [-0.39, 0.29) is 5.97 Å². The molecular formula is C12H10BrNO2. The number of hydrogen-bond acceptors (Lipinski definition) is 3. The first-order chi connectivity index (χ1) is 7.76. The summed E-state index contributed by atoms with van der Waals surface area (Å²) in [6.45, 7) is 0. The Hall–Kier alpha value is -1.42. The van der Waals surface area contributed by atoms with Gasteiger partial charge in [0.2, 0.25) is 0 Å². The molecular weight excluding hydrogens is 270 g/mol. The van der Waals surface area contributed by atoms with Crippen LogP contribution in [0.25, 0.3) is 10.9 Å². The molecule has 0 saturated heterocycles. The first-order valence-electron chi connectivity index (χ1n) is 4.79. The molecule has 0 N–H and O–H groups in total. The van der Waals surface area contributed by atoms with Gasteiger partial charge in [-0.1, -0.05) is 34.1 Å². The van der Waals surface area contributed by atoms with E-state index in [4.69, 9.17) is 4.74 Å². The quantitative estimate of drug-likeness (QED) is 0.627. The summed E-state index contributed by atoms with van der Waals surface area (Å²) in [7, 11) is 1.37. The molecule has 0 bridgehead atoms. The summed E-state index contributed by atoms with van der Waals surface area (Å²) in [4.78, 5) is 16.0. The molecule has 1 aromatic carbocycles. The number of benzene rings is 1. The number of nitrogens with zero attached hydrogens (tertiary/aromatic N) is 1. The van der Waals surface area contributed by atoms with Crippen molar-refractivity contribution in [2.75, 3.05) is 7.11 Å². The van der Waals surface area contributed by atoms with Crippen molar-refractivity contribution in [1.82, 2.24) is 4.98 Å². The third kappa shape index (κ3) is 1.93. The standard InChI is InChI=1S/C12H10BrNO2/c1-16-12(15)9-6-8-4-2-3-5-10(8)14-11(9)7-13/h2-6H,7H2,1H3.